The summed E-state index contributed by atoms with van der Waals surface area (Å²) < 4.78 is 0. The van der Waals surface area contributed by atoms with Crippen LogP contribution in [0.2, 0.25) is 0 Å². The molecule has 0 saturated carbocycles. The number of carbonyl (C=O) groups is 1. The molecule has 1 aliphatic rings. The number of aliphatic imine (C=N–C) groups is 1. The first kappa shape index (κ1) is 31.9. The minimum atomic E-state index is -0.312. The lowest BCUT2D eigenvalue weighted by Crippen LogP contribution is -2.26. The number of ketones is 1. The fraction of sp³-hybridized carbons (Fsp3) is 0.455. The quantitative estimate of drug-likeness (QED) is 0.156. The summed E-state index contributed by atoms with van der Waals surface area (Å²) in [6, 6.07) is 11.9. The highest BCUT2D eigenvalue weighted by Crippen LogP contribution is 2.32. The van der Waals surface area contributed by atoms with E-state index in [-0.39, 0.29) is 24.8 Å². The van der Waals surface area contributed by atoms with Gasteiger partial charge in [-0.3, -0.25) is 4.79 Å². The Labute approximate surface area is 244 Å². The number of allylic oxidation sites excluding steroid dienone is 2. The van der Waals surface area contributed by atoms with Crippen LogP contribution in [-0.4, -0.2) is 66.2 Å². The first-order valence-electron chi connectivity index (χ1n) is 14.7. The summed E-state index contributed by atoms with van der Waals surface area (Å²) in [6.45, 7) is 13.0. The van der Waals surface area contributed by atoms with Crippen molar-refractivity contribution in [2.24, 2.45) is 4.99 Å². The zero-order valence-corrected chi connectivity index (χ0v) is 25.2. The number of hydrogen-bond donors (Lipinski definition) is 4. The molecule has 0 amide bonds. The first-order valence-corrected chi connectivity index (χ1v) is 14.7. The second-order valence-corrected chi connectivity index (χ2v) is 10.4. The summed E-state index contributed by atoms with van der Waals surface area (Å²) in [4.78, 5) is 22.3. The van der Waals surface area contributed by atoms with E-state index >= 15 is 0 Å². The third-order valence-electron chi connectivity index (χ3n) is 7.49. The maximum absolute atomic E-state index is 13.3. The number of aliphatic hydroxyl groups is 3. The Hall–Kier alpha value is -3.62. The van der Waals surface area contributed by atoms with E-state index in [1.54, 1.807) is 0 Å². The van der Waals surface area contributed by atoms with Crippen molar-refractivity contribution < 1.29 is 20.1 Å². The highest BCUT2D eigenvalue weighted by atomic mass is 16.3. The van der Waals surface area contributed by atoms with Crippen LogP contribution in [0.1, 0.15) is 57.6 Å². The van der Waals surface area contributed by atoms with Gasteiger partial charge in [0, 0.05) is 54.9 Å². The number of carbonyl (C=O) groups excluding carboxylic acids is 1. The summed E-state index contributed by atoms with van der Waals surface area (Å²) in [5.41, 5.74) is 7.01. The predicted octanol–water partition coefficient (Wildman–Crippen LogP) is 5.98. The van der Waals surface area contributed by atoms with Crippen LogP contribution in [0.3, 0.4) is 0 Å². The van der Waals surface area contributed by atoms with Crippen molar-refractivity contribution in [2.75, 3.05) is 54.5 Å². The molecule has 0 fully saturated rings. The molecule has 0 aromatic heterocycles. The number of benzene rings is 2. The molecule has 0 unspecified atom stereocenters. The maximum atomic E-state index is 13.3. The molecule has 0 radical (unpaired) electrons. The highest BCUT2D eigenvalue weighted by molar-refractivity contribution is 6.51. The number of anilines is 3. The molecule has 0 heterocycles. The largest absolute Gasteiger partial charge is 0.506 e. The number of nitrogens with zero attached hydrogens (tertiary/aromatic N) is 3. The second-order valence-electron chi connectivity index (χ2n) is 10.4. The topological polar surface area (TPSA) is 109 Å². The van der Waals surface area contributed by atoms with Gasteiger partial charge >= 0.3 is 0 Å². The van der Waals surface area contributed by atoms with Gasteiger partial charge in [-0.25, -0.2) is 4.99 Å². The molecule has 2 aromatic rings. The Bertz CT molecular complexity index is 1300. The van der Waals surface area contributed by atoms with E-state index in [9.17, 15) is 20.1 Å². The van der Waals surface area contributed by atoms with E-state index in [1.807, 2.05) is 51.1 Å². The molecule has 8 heteroatoms. The number of nitrogens with one attached hydrogen (secondary N) is 1. The minimum absolute atomic E-state index is 0.0741. The number of likely N-dealkylation sites (N-methyl/N-ethyl adjacent to an activating group) is 2. The van der Waals surface area contributed by atoms with Crippen LogP contribution in [-0.2, 0) is 4.79 Å². The van der Waals surface area contributed by atoms with Crippen LogP contribution in [0.25, 0.3) is 0 Å². The van der Waals surface area contributed by atoms with Gasteiger partial charge in [-0.15, -0.1) is 0 Å². The molecular weight excluding hydrogens is 516 g/mol. The molecule has 1 aliphatic carbocycles. The van der Waals surface area contributed by atoms with Gasteiger partial charge in [0.2, 0.25) is 5.78 Å². The zero-order chi connectivity index (χ0) is 29.9. The second kappa shape index (κ2) is 15.4. The smallest absolute Gasteiger partial charge is 0.208 e. The number of rotatable bonds is 15. The standard InChI is InChI=1S/C33H46N4O4/c1-6-9-10-11-27-32(34-28-14-12-25(20-23(28)4)36(7-2)16-18-38)30(40)22-31(41)33(27)35-29-15-13-26(21-24(29)5)37(8-3)17-19-39/h12-15,20-22,34,38-40H,6-11,16-19H2,1-5H3. The van der Waals surface area contributed by atoms with E-state index in [4.69, 9.17) is 4.99 Å². The fourth-order valence-corrected chi connectivity index (χ4v) is 5.13. The molecule has 222 valence electrons. The Morgan fingerprint density at radius 2 is 1.46 bits per heavy atom. The number of unbranched alkanes of at least 4 members (excludes halogenated alkanes) is 2. The molecule has 8 nitrogen and oxygen atoms in total. The predicted molar refractivity (Wildman–Crippen MR) is 170 cm³/mol. The first-order chi connectivity index (χ1) is 19.8. The summed E-state index contributed by atoms with van der Waals surface area (Å²) in [7, 11) is 0. The molecule has 0 saturated heterocycles. The maximum Gasteiger partial charge on any atom is 0.208 e. The van der Waals surface area contributed by atoms with Gasteiger partial charge in [0.1, 0.15) is 11.5 Å². The highest BCUT2D eigenvalue weighted by Gasteiger charge is 2.27. The Morgan fingerprint density at radius 1 is 0.854 bits per heavy atom. The molecule has 3 rings (SSSR count). The van der Waals surface area contributed by atoms with Gasteiger partial charge in [0.05, 0.1) is 24.6 Å². The van der Waals surface area contributed by atoms with Gasteiger partial charge < -0.3 is 30.4 Å². The molecule has 4 N–H and O–H groups in total. The van der Waals surface area contributed by atoms with Gasteiger partial charge in [-0.1, -0.05) is 19.8 Å². The lowest BCUT2D eigenvalue weighted by Gasteiger charge is -2.25. The van der Waals surface area contributed by atoms with Crippen molar-refractivity contribution in [1.82, 2.24) is 0 Å². The summed E-state index contributed by atoms with van der Waals surface area (Å²) in [5.74, 6) is -0.401. The summed E-state index contributed by atoms with van der Waals surface area (Å²) in [5, 5.41) is 33.2. The lowest BCUT2D eigenvalue weighted by molar-refractivity contribution is -0.109. The Kier molecular flexibility index (Phi) is 12.0. The average Bonchev–Trinajstić information content (AvgIpc) is 2.95. The molecule has 2 aromatic carbocycles. The van der Waals surface area contributed by atoms with E-state index in [0.29, 0.717) is 42.2 Å². The van der Waals surface area contributed by atoms with E-state index in [1.165, 1.54) is 6.08 Å². The third-order valence-corrected chi connectivity index (χ3v) is 7.49. The molecule has 0 atom stereocenters. The van der Waals surface area contributed by atoms with Crippen LogP contribution in [0, 0.1) is 13.8 Å². The summed E-state index contributed by atoms with van der Waals surface area (Å²) in [6.07, 6.45) is 4.75. The average molecular weight is 563 g/mol. The van der Waals surface area contributed by atoms with E-state index in [0.717, 1.165) is 60.5 Å². The molecule has 0 aliphatic heterocycles. The van der Waals surface area contributed by atoms with E-state index < -0.39 is 0 Å². The molecule has 0 spiro atoms. The van der Waals surface area contributed by atoms with Gasteiger partial charge in [-0.2, -0.15) is 0 Å². The van der Waals surface area contributed by atoms with Gasteiger partial charge in [-0.05, 0) is 88.1 Å². The zero-order valence-electron chi connectivity index (χ0n) is 25.2. The number of hydrogen-bond acceptors (Lipinski definition) is 8. The Morgan fingerprint density at radius 3 is 2.00 bits per heavy atom. The van der Waals surface area contributed by atoms with E-state index in [2.05, 4.69) is 35.0 Å². The van der Waals surface area contributed by atoms with Crippen LogP contribution < -0.4 is 15.1 Å². The molecule has 0 bridgehead atoms. The summed E-state index contributed by atoms with van der Waals surface area (Å²) >= 11 is 0. The minimum Gasteiger partial charge on any atom is -0.506 e. The monoisotopic (exact) mass is 562 g/mol. The van der Waals surface area contributed by atoms with Crippen LogP contribution in [0.5, 0.6) is 0 Å². The third kappa shape index (κ3) is 7.99. The van der Waals surface area contributed by atoms with Crippen LogP contribution >= 0.6 is 0 Å². The van der Waals surface area contributed by atoms with Crippen molar-refractivity contribution in [2.45, 2.75) is 60.3 Å². The number of aryl methyl sites for hydroxylation is 2. The Balaban J connectivity index is 2.05. The van der Waals surface area contributed by atoms with Crippen molar-refractivity contribution in [3.8, 4) is 0 Å². The van der Waals surface area contributed by atoms with Gasteiger partial charge in [0.25, 0.3) is 0 Å². The fourth-order valence-electron chi connectivity index (χ4n) is 5.13. The van der Waals surface area contributed by atoms with Crippen LogP contribution in [0.4, 0.5) is 22.7 Å². The normalized spacial score (nSPS) is 14.5. The van der Waals surface area contributed by atoms with Crippen molar-refractivity contribution in [3.05, 3.63) is 70.6 Å². The van der Waals surface area contributed by atoms with Crippen molar-refractivity contribution in [1.29, 1.82) is 0 Å². The lowest BCUT2D eigenvalue weighted by atomic mass is 9.92. The van der Waals surface area contributed by atoms with Crippen LogP contribution in [0.15, 0.2) is 64.5 Å². The van der Waals surface area contributed by atoms with Crippen molar-refractivity contribution in [3.63, 3.8) is 0 Å². The SMILES string of the molecule is CCCCCC1=C(Nc2ccc(N(CC)CCO)cc2C)C(O)=CC(=O)C1=Nc1ccc(N(CC)CCO)cc1C. The van der Waals surface area contributed by atoms with Gasteiger partial charge in [0.15, 0.2) is 0 Å². The molecular formula is C33H46N4O4. The molecule has 41 heavy (non-hydrogen) atoms. The number of aliphatic hydroxyl groups excluding tert-OH is 3. The van der Waals surface area contributed by atoms with Crippen molar-refractivity contribution >= 4 is 34.2 Å².